The third kappa shape index (κ3) is 4.96. The van der Waals surface area contributed by atoms with Crippen LogP contribution < -0.4 is 10.0 Å². The van der Waals surface area contributed by atoms with E-state index in [-0.39, 0.29) is 29.1 Å². The second-order valence-corrected chi connectivity index (χ2v) is 9.43. The highest BCUT2D eigenvalue weighted by atomic mass is 32.2. The number of anilines is 1. The Balaban J connectivity index is 1.69. The van der Waals surface area contributed by atoms with Crippen LogP contribution in [0.25, 0.3) is 0 Å². The van der Waals surface area contributed by atoms with Gasteiger partial charge in [-0.25, -0.2) is 27.2 Å². The molecule has 11 heteroatoms. The van der Waals surface area contributed by atoms with Crippen molar-refractivity contribution in [1.29, 1.82) is 0 Å². The molecule has 180 valence electrons. The summed E-state index contributed by atoms with van der Waals surface area (Å²) in [5.41, 5.74) is 0.271. The summed E-state index contributed by atoms with van der Waals surface area (Å²) < 4.78 is 50.8. The molecule has 8 nitrogen and oxygen atoms in total. The minimum Gasteiger partial charge on any atom is -0.322 e. The average Bonchev–Trinajstić information content (AvgIpc) is 3.11. The highest BCUT2D eigenvalue weighted by molar-refractivity contribution is 7.89. The number of carbonyl (C=O) groups is 3. The zero-order valence-corrected chi connectivity index (χ0v) is 18.9. The molecule has 0 aliphatic carbocycles. The third-order valence-electron chi connectivity index (χ3n) is 5.55. The minimum absolute atomic E-state index is 0.0926. The lowest BCUT2D eigenvalue weighted by molar-refractivity contribution is -0.122. The number of hydrogen-bond donors (Lipinski definition) is 1. The van der Waals surface area contributed by atoms with Crippen molar-refractivity contribution in [2.75, 3.05) is 4.90 Å². The van der Waals surface area contributed by atoms with E-state index < -0.39 is 45.4 Å². The van der Waals surface area contributed by atoms with Gasteiger partial charge in [-0.15, -0.1) is 0 Å². The van der Waals surface area contributed by atoms with Gasteiger partial charge in [0.05, 0.1) is 22.6 Å². The first-order valence-corrected chi connectivity index (χ1v) is 11.9. The van der Waals surface area contributed by atoms with Gasteiger partial charge in [0, 0.05) is 6.54 Å². The standard InChI is InChI=1S/C24H19F2N3O5S/c25-16-7-5-15(6-8-16)14-28(23(31)19-3-1-2-4-20(19)26)21-13-22(30)29(24(21)32)17-9-11-18(12-10-17)35(27,33)34/h1-12,21H,13-14H2,(H2,27,33,34). The average molecular weight is 499 g/mol. The van der Waals surface area contributed by atoms with Crippen LogP contribution in [0.5, 0.6) is 0 Å². The molecule has 1 aliphatic heterocycles. The van der Waals surface area contributed by atoms with Crippen LogP contribution in [0.2, 0.25) is 0 Å². The molecule has 1 aliphatic rings. The second kappa shape index (κ2) is 9.35. The lowest BCUT2D eigenvalue weighted by Gasteiger charge is -2.28. The molecule has 3 amide bonds. The first-order chi connectivity index (χ1) is 16.6. The minimum atomic E-state index is -3.98. The molecule has 0 spiro atoms. The van der Waals surface area contributed by atoms with Crippen molar-refractivity contribution in [3.05, 3.63) is 95.6 Å². The molecule has 1 fully saturated rings. The molecule has 1 unspecified atom stereocenters. The van der Waals surface area contributed by atoms with Gasteiger partial charge in [-0.05, 0) is 54.1 Å². The number of imide groups is 1. The molecular formula is C24H19F2N3O5S. The number of benzene rings is 3. The number of nitrogens with two attached hydrogens (primary N) is 1. The molecule has 0 saturated carbocycles. The molecular weight excluding hydrogens is 480 g/mol. The van der Waals surface area contributed by atoms with Gasteiger partial charge in [0.2, 0.25) is 15.9 Å². The predicted molar refractivity (Wildman–Crippen MR) is 121 cm³/mol. The quantitative estimate of drug-likeness (QED) is 0.523. The predicted octanol–water partition coefficient (Wildman–Crippen LogP) is 2.59. The van der Waals surface area contributed by atoms with Crippen molar-refractivity contribution in [3.8, 4) is 0 Å². The Morgan fingerprint density at radius 3 is 2.20 bits per heavy atom. The van der Waals surface area contributed by atoms with Gasteiger partial charge < -0.3 is 4.90 Å². The molecule has 1 saturated heterocycles. The van der Waals surface area contributed by atoms with Crippen molar-refractivity contribution < 1.29 is 31.6 Å². The largest absolute Gasteiger partial charge is 0.322 e. The zero-order chi connectivity index (χ0) is 25.3. The Kier molecular flexibility index (Phi) is 6.46. The Labute approximate surface area is 199 Å². The summed E-state index contributed by atoms with van der Waals surface area (Å²) >= 11 is 0. The van der Waals surface area contributed by atoms with Crippen molar-refractivity contribution in [2.24, 2.45) is 5.14 Å². The van der Waals surface area contributed by atoms with Crippen molar-refractivity contribution in [1.82, 2.24) is 4.90 Å². The smallest absolute Gasteiger partial charge is 0.257 e. The molecule has 0 bridgehead atoms. The fourth-order valence-corrected chi connectivity index (χ4v) is 4.33. The lowest BCUT2D eigenvalue weighted by atomic mass is 10.1. The molecule has 1 heterocycles. The number of nitrogens with zero attached hydrogens (tertiary/aromatic N) is 2. The maximum Gasteiger partial charge on any atom is 0.257 e. The molecule has 35 heavy (non-hydrogen) atoms. The number of hydrogen-bond acceptors (Lipinski definition) is 5. The third-order valence-corrected chi connectivity index (χ3v) is 6.48. The molecule has 2 N–H and O–H groups in total. The summed E-state index contributed by atoms with van der Waals surface area (Å²) in [4.78, 5) is 41.2. The van der Waals surface area contributed by atoms with Gasteiger partial charge in [-0.1, -0.05) is 24.3 Å². The van der Waals surface area contributed by atoms with E-state index in [2.05, 4.69) is 0 Å². The van der Waals surface area contributed by atoms with E-state index in [4.69, 9.17) is 5.14 Å². The molecule has 0 aromatic heterocycles. The first kappa shape index (κ1) is 24.2. The van der Waals surface area contributed by atoms with Crippen molar-refractivity contribution >= 4 is 33.4 Å². The van der Waals surface area contributed by atoms with Gasteiger partial charge in [0.1, 0.15) is 17.7 Å². The lowest BCUT2D eigenvalue weighted by Crippen LogP contribution is -2.45. The maximum absolute atomic E-state index is 14.4. The van der Waals surface area contributed by atoms with Crippen LogP contribution in [-0.4, -0.2) is 37.1 Å². The van der Waals surface area contributed by atoms with Crippen LogP contribution in [0.3, 0.4) is 0 Å². The second-order valence-electron chi connectivity index (χ2n) is 7.87. The van der Waals surface area contributed by atoms with E-state index >= 15 is 0 Å². The molecule has 4 rings (SSSR count). The van der Waals surface area contributed by atoms with Crippen molar-refractivity contribution in [3.63, 3.8) is 0 Å². The molecule has 3 aromatic rings. The Bertz CT molecular complexity index is 1410. The van der Waals surface area contributed by atoms with Crippen LogP contribution >= 0.6 is 0 Å². The van der Waals surface area contributed by atoms with Crippen LogP contribution in [-0.2, 0) is 26.2 Å². The van der Waals surface area contributed by atoms with Crippen LogP contribution in [0, 0.1) is 11.6 Å². The normalized spacial score (nSPS) is 16.0. The van der Waals surface area contributed by atoms with E-state index in [0.29, 0.717) is 5.56 Å². The monoisotopic (exact) mass is 499 g/mol. The summed E-state index contributed by atoms with van der Waals surface area (Å²) in [5, 5.41) is 5.09. The highest BCUT2D eigenvalue weighted by Crippen LogP contribution is 2.29. The number of rotatable bonds is 6. The number of halogens is 2. The Morgan fingerprint density at radius 1 is 0.971 bits per heavy atom. The fourth-order valence-electron chi connectivity index (χ4n) is 3.81. The molecule has 0 radical (unpaired) electrons. The van der Waals surface area contributed by atoms with Gasteiger partial charge in [0.25, 0.3) is 11.8 Å². The summed E-state index contributed by atoms with van der Waals surface area (Å²) in [7, 11) is -3.98. The van der Waals surface area contributed by atoms with Crippen LogP contribution in [0.4, 0.5) is 14.5 Å². The van der Waals surface area contributed by atoms with Gasteiger partial charge >= 0.3 is 0 Å². The van der Waals surface area contributed by atoms with Gasteiger partial charge in [-0.2, -0.15) is 0 Å². The number of sulfonamides is 1. The van der Waals surface area contributed by atoms with E-state index in [1.807, 2.05) is 0 Å². The SMILES string of the molecule is NS(=O)(=O)c1ccc(N2C(=O)CC(N(Cc3ccc(F)cc3)C(=O)c3ccccc3F)C2=O)cc1. The maximum atomic E-state index is 14.4. The summed E-state index contributed by atoms with van der Waals surface area (Å²) in [6.45, 7) is -0.185. The Morgan fingerprint density at radius 2 is 1.60 bits per heavy atom. The number of primary sulfonamides is 1. The van der Waals surface area contributed by atoms with Crippen molar-refractivity contribution in [2.45, 2.75) is 23.9 Å². The van der Waals surface area contributed by atoms with Gasteiger partial charge in [0.15, 0.2) is 0 Å². The number of amides is 3. The first-order valence-electron chi connectivity index (χ1n) is 10.4. The van der Waals surface area contributed by atoms with Crippen LogP contribution in [0.15, 0.2) is 77.7 Å². The van der Waals surface area contributed by atoms with Gasteiger partial charge in [-0.3, -0.25) is 14.4 Å². The van der Waals surface area contributed by atoms with Crippen LogP contribution in [0.1, 0.15) is 22.3 Å². The molecule has 1 atom stereocenters. The summed E-state index contributed by atoms with van der Waals surface area (Å²) in [6, 6.07) is 14.0. The zero-order valence-electron chi connectivity index (χ0n) is 18.1. The highest BCUT2D eigenvalue weighted by Gasteiger charge is 2.45. The fraction of sp³-hybridized carbons (Fsp3) is 0.125. The Hall–Kier alpha value is -3.96. The van der Waals surface area contributed by atoms with E-state index in [9.17, 15) is 31.6 Å². The topological polar surface area (TPSA) is 118 Å². The van der Waals surface area contributed by atoms with E-state index in [0.717, 1.165) is 28.0 Å². The van der Waals surface area contributed by atoms with E-state index in [1.54, 1.807) is 0 Å². The number of carbonyl (C=O) groups excluding carboxylic acids is 3. The summed E-state index contributed by atoms with van der Waals surface area (Å²) in [6.07, 6.45) is -0.378. The van der Waals surface area contributed by atoms with E-state index in [1.165, 1.54) is 54.6 Å². The summed E-state index contributed by atoms with van der Waals surface area (Å²) in [5.74, 6) is -3.49. The molecule has 3 aromatic carbocycles.